The van der Waals surface area contributed by atoms with E-state index in [9.17, 15) is 0 Å². The molecule has 0 atom stereocenters. The third-order valence-corrected chi connectivity index (χ3v) is 2.40. The Hall–Kier alpha value is -1.72. The normalized spacial score (nSPS) is 10.1. The maximum absolute atomic E-state index is 5.71. The zero-order valence-corrected chi connectivity index (χ0v) is 9.54. The Kier molecular flexibility index (Phi) is 3.96. The fourth-order valence-corrected chi connectivity index (χ4v) is 1.35. The lowest BCUT2D eigenvalue weighted by Crippen LogP contribution is -1.90. The van der Waals surface area contributed by atoms with Gasteiger partial charge in [-0.25, -0.2) is 0 Å². The van der Waals surface area contributed by atoms with Gasteiger partial charge in [0.15, 0.2) is 0 Å². The zero-order chi connectivity index (χ0) is 11.3. The molecule has 1 rings (SSSR count). The molecule has 0 fully saturated rings. The van der Waals surface area contributed by atoms with Gasteiger partial charge in [-0.15, -0.1) is 5.73 Å². The fourth-order valence-electron chi connectivity index (χ4n) is 1.35. The van der Waals surface area contributed by atoms with Crippen molar-refractivity contribution in [1.82, 2.24) is 0 Å². The van der Waals surface area contributed by atoms with Crippen molar-refractivity contribution in [2.75, 3.05) is 0 Å². The smallest absolute Gasteiger partial charge is 0.0744 e. The van der Waals surface area contributed by atoms with Gasteiger partial charge in [0.05, 0.1) is 5.70 Å². The van der Waals surface area contributed by atoms with Crippen LogP contribution in [-0.2, 0) is 0 Å². The number of allylic oxidation sites excluding steroid dienone is 1. The highest BCUT2D eigenvalue weighted by Gasteiger charge is 1.95. The van der Waals surface area contributed by atoms with E-state index in [2.05, 4.69) is 37.8 Å². The van der Waals surface area contributed by atoms with E-state index < -0.39 is 0 Å². The molecule has 0 aromatic heterocycles. The van der Waals surface area contributed by atoms with Gasteiger partial charge in [0.25, 0.3) is 0 Å². The minimum atomic E-state index is 0.651. The molecule has 0 aliphatic rings. The monoisotopic (exact) mass is 199 g/mol. The van der Waals surface area contributed by atoms with Gasteiger partial charge in [-0.2, -0.15) is 0 Å². The maximum Gasteiger partial charge on any atom is 0.0744 e. The van der Waals surface area contributed by atoms with E-state index in [1.807, 2.05) is 25.2 Å². The predicted octanol–water partition coefficient (Wildman–Crippen LogP) is 3.33. The molecule has 0 unspecified atom stereocenters. The molecule has 1 aromatic rings. The molecule has 0 bridgehead atoms. The molecular weight excluding hydrogens is 182 g/mol. The minimum absolute atomic E-state index is 0.651. The van der Waals surface area contributed by atoms with Crippen LogP contribution < -0.4 is 5.73 Å². The molecule has 0 saturated heterocycles. The molecule has 0 heterocycles. The van der Waals surface area contributed by atoms with Crippen molar-refractivity contribution in [2.45, 2.75) is 20.8 Å². The highest BCUT2D eigenvalue weighted by atomic mass is 14.5. The Morgan fingerprint density at radius 1 is 1.33 bits per heavy atom. The SMILES string of the molecule is CC=C=C(N)/C=C\c1cccc(C)c1C. The lowest BCUT2D eigenvalue weighted by Gasteiger charge is -2.03. The van der Waals surface area contributed by atoms with Crippen molar-refractivity contribution < 1.29 is 0 Å². The highest BCUT2D eigenvalue weighted by molar-refractivity contribution is 5.57. The highest BCUT2D eigenvalue weighted by Crippen LogP contribution is 2.14. The first-order chi connectivity index (χ1) is 7.15. The van der Waals surface area contributed by atoms with Crippen molar-refractivity contribution in [3.05, 3.63) is 58.5 Å². The van der Waals surface area contributed by atoms with Crippen molar-refractivity contribution >= 4 is 6.08 Å². The average molecular weight is 199 g/mol. The first kappa shape index (κ1) is 11.4. The molecule has 0 radical (unpaired) electrons. The number of hydrogen-bond donors (Lipinski definition) is 1. The van der Waals surface area contributed by atoms with E-state index in [-0.39, 0.29) is 0 Å². The minimum Gasteiger partial charge on any atom is -0.392 e. The molecular formula is C14H17N. The fraction of sp³-hybridized carbons (Fsp3) is 0.214. The second-order valence-corrected chi connectivity index (χ2v) is 3.51. The van der Waals surface area contributed by atoms with Crippen molar-refractivity contribution in [3.63, 3.8) is 0 Å². The number of aryl methyl sites for hydroxylation is 1. The summed E-state index contributed by atoms with van der Waals surface area (Å²) in [5, 5.41) is 0. The summed E-state index contributed by atoms with van der Waals surface area (Å²) in [5.41, 5.74) is 13.1. The third-order valence-electron chi connectivity index (χ3n) is 2.40. The summed E-state index contributed by atoms with van der Waals surface area (Å²) >= 11 is 0. The molecule has 1 aromatic carbocycles. The first-order valence-corrected chi connectivity index (χ1v) is 5.06. The van der Waals surface area contributed by atoms with Crippen LogP contribution in [0.2, 0.25) is 0 Å². The molecule has 0 aliphatic carbocycles. The van der Waals surface area contributed by atoms with E-state index in [0.717, 1.165) is 0 Å². The molecule has 78 valence electrons. The number of benzene rings is 1. The molecule has 1 heteroatoms. The number of hydrogen-bond acceptors (Lipinski definition) is 1. The predicted molar refractivity (Wildman–Crippen MR) is 66.4 cm³/mol. The van der Waals surface area contributed by atoms with E-state index in [1.54, 1.807) is 0 Å². The molecule has 0 saturated carbocycles. The molecule has 15 heavy (non-hydrogen) atoms. The summed E-state index contributed by atoms with van der Waals surface area (Å²) in [4.78, 5) is 0. The van der Waals surface area contributed by atoms with Crippen LogP contribution in [0.1, 0.15) is 23.6 Å². The van der Waals surface area contributed by atoms with Crippen molar-refractivity contribution in [2.24, 2.45) is 5.73 Å². The van der Waals surface area contributed by atoms with Crippen LogP contribution in [0.15, 0.2) is 41.8 Å². The van der Waals surface area contributed by atoms with Crippen LogP contribution in [0, 0.1) is 13.8 Å². The Balaban J connectivity index is 3.00. The van der Waals surface area contributed by atoms with E-state index in [4.69, 9.17) is 5.73 Å². The standard InChI is InChI=1S/C14H17N/c1-4-6-14(15)10-9-13-8-5-7-11(2)12(13)3/h4-5,7-10H,15H2,1-3H3/b10-9-. The summed E-state index contributed by atoms with van der Waals surface area (Å²) in [6.45, 7) is 6.13. The Morgan fingerprint density at radius 3 is 2.73 bits per heavy atom. The van der Waals surface area contributed by atoms with E-state index in [0.29, 0.717) is 5.70 Å². The molecule has 2 N–H and O–H groups in total. The van der Waals surface area contributed by atoms with Gasteiger partial charge in [0, 0.05) is 0 Å². The molecule has 1 nitrogen and oxygen atoms in total. The second-order valence-electron chi connectivity index (χ2n) is 3.51. The van der Waals surface area contributed by atoms with Crippen LogP contribution in [0.5, 0.6) is 0 Å². The maximum atomic E-state index is 5.71. The summed E-state index contributed by atoms with van der Waals surface area (Å²) in [7, 11) is 0. The van der Waals surface area contributed by atoms with Gasteiger partial charge in [-0.1, -0.05) is 24.3 Å². The van der Waals surface area contributed by atoms with Crippen LogP contribution >= 0.6 is 0 Å². The van der Waals surface area contributed by atoms with Crippen LogP contribution in [0.25, 0.3) is 6.08 Å². The van der Waals surface area contributed by atoms with Crippen molar-refractivity contribution in [1.29, 1.82) is 0 Å². The molecule has 0 aliphatic heterocycles. The summed E-state index contributed by atoms with van der Waals surface area (Å²) < 4.78 is 0. The third kappa shape index (κ3) is 3.16. The quantitative estimate of drug-likeness (QED) is 0.573. The Bertz CT molecular complexity index is 433. The Labute approximate surface area is 91.6 Å². The van der Waals surface area contributed by atoms with Gasteiger partial charge < -0.3 is 5.73 Å². The van der Waals surface area contributed by atoms with E-state index in [1.165, 1.54) is 16.7 Å². The summed E-state index contributed by atoms with van der Waals surface area (Å²) in [5.74, 6) is 0. The zero-order valence-electron chi connectivity index (χ0n) is 9.54. The first-order valence-electron chi connectivity index (χ1n) is 5.06. The van der Waals surface area contributed by atoms with Gasteiger partial charge in [-0.05, 0) is 49.6 Å². The molecule has 0 spiro atoms. The van der Waals surface area contributed by atoms with Crippen LogP contribution in [-0.4, -0.2) is 0 Å². The topological polar surface area (TPSA) is 26.0 Å². The second kappa shape index (κ2) is 5.23. The van der Waals surface area contributed by atoms with Gasteiger partial charge in [0.2, 0.25) is 0 Å². The van der Waals surface area contributed by atoms with Crippen molar-refractivity contribution in [3.8, 4) is 0 Å². The summed E-state index contributed by atoms with van der Waals surface area (Å²) in [6, 6.07) is 6.25. The van der Waals surface area contributed by atoms with E-state index >= 15 is 0 Å². The summed E-state index contributed by atoms with van der Waals surface area (Å²) in [6.07, 6.45) is 5.71. The van der Waals surface area contributed by atoms with Crippen LogP contribution in [0.4, 0.5) is 0 Å². The number of rotatable bonds is 2. The van der Waals surface area contributed by atoms with Gasteiger partial charge >= 0.3 is 0 Å². The lowest BCUT2D eigenvalue weighted by molar-refractivity contribution is 1.32. The van der Waals surface area contributed by atoms with Gasteiger partial charge in [0.1, 0.15) is 0 Å². The lowest BCUT2D eigenvalue weighted by atomic mass is 10.0. The van der Waals surface area contributed by atoms with Crippen LogP contribution in [0.3, 0.4) is 0 Å². The van der Waals surface area contributed by atoms with Gasteiger partial charge in [-0.3, -0.25) is 0 Å². The largest absolute Gasteiger partial charge is 0.392 e. The number of nitrogens with two attached hydrogens (primary N) is 1. The Morgan fingerprint density at radius 2 is 2.07 bits per heavy atom. The average Bonchev–Trinajstić information content (AvgIpc) is 2.21. The molecule has 0 amide bonds.